The maximum absolute atomic E-state index is 12.5. The van der Waals surface area contributed by atoms with Crippen molar-refractivity contribution in [2.24, 2.45) is 11.1 Å². The lowest BCUT2D eigenvalue weighted by Gasteiger charge is -2.23. The second-order valence-electron chi connectivity index (χ2n) is 6.68. The molecule has 26 heavy (non-hydrogen) atoms. The minimum Gasteiger partial charge on any atom is -0.325 e. The van der Waals surface area contributed by atoms with Gasteiger partial charge in [-0.15, -0.1) is 0 Å². The zero-order valence-corrected chi connectivity index (χ0v) is 15.4. The highest BCUT2D eigenvalue weighted by atomic mass is 32.2. The first-order chi connectivity index (χ1) is 12.3. The number of amides is 1. The molecule has 1 aliphatic rings. The van der Waals surface area contributed by atoms with Crippen molar-refractivity contribution in [3.63, 3.8) is 0 Å². The van der Waals surface area contributed by atoms with E-state index >= 15 is 0 Å². The van der Waals surface area contributed by atoms with Crippen molar-refractivity contribution in [2.75, 3.05) is 5.32 Å². The van der Waals surface area contributed by atoms with Crippen LogP contribution in [0.1, 0.15) is 31.4 Å². The van der Waals surface area contributed by atoms with Crippen molar-refractivity contribution in [2.45, 2.75) is 36.7 Å². The maximum atomic E-state index is 12.5. The molecular weight excluding hydrogens is 350 g/mol. The van der Waals surface area contributed by atoms with Crippen LogP contribution in [-0.2, 0) is 14.8 Å². The number of benzene rings is 2. The summed E-state index contributed by atoms with van der Waals surface area (Å²) in [5, 5.41) is 11.3. The van der Waals surface area contributed by atoms with Crippen LogP contribution in [-0.4, -0.2) is 20.4 Å². The molecule has 0 bridgehead atoms. The molecule has 7 heteroatoms. The maximum Gasteiger partial charge on any atom is 0.241 e. The molecule has 6 nitrogen and oxygen atoms in total. The highest BCUT2D eigenvalue weighted by Crippen LogP contribution is 2.41. The Balaban J connectivity index is 1.68. The SMILES string of the molecule is C[C@H](N[C@@H](c1ccccc1)C1CC1)C(=O)Nc1cccc(S(N)(=O)=O)c1. The number of nitrogens with one attached hydrogen (secondary N) is 2. The van der Waals surface area contributed by atoms with Crippen LogP contribution < -0.4 is 15.8 Å². The summed E-state index contributed by atoms with van der Waals surface area (Å²) in [5.74, 6) is 0.316. The molecule has 4 N–H and O–H groups in total. The Morgan fingerprint density at radius 2 is 1.81 bits per heavy atom. The second-order valence-corrected chi connectivity index (χ2v) is 8.24. The van der Waals surface area contributed by atoms with Crippen LogP contribution in [0.25, 0.3) is 0 Å². The lowest BCUT2D eigenvalue weighted by molar-refractivity contribution is -0.118. The number of sulfonamides is 1. The summed E-state index contributed by atoms with van der Waals surface area (Å²) in [6.07, 6.45) is 2.30. The normalized spacial score (nSPS) is 16.7. The summed E-state index contributed by atoms with van der Waals surface area (Å²) in [5.41, 5.74) is 1.57. The van der Waals surface area contributed by atoms with Crippen LogP contribution in [0.15, 0.2) is 59.5 Å². The van der Waals surface area contributed by atoms with Crippen molar-refractivity contribution >= 4 is 21.6 Å². The third-order valence-corrected chi connectivity index (χ3v) is 5.42. The molecule has 138 valence electrons. The van der Waals surface area contributed by atoms with E-state index in [0.29, 0.717) is 11.6 Å². The van der Waals surface area contributed by atoms with E-state index < -0.39 is 16.1 Å². The summed E-state index contributed by atoms with van der Waals surface area (Å²) >= 11 is 0. The largest absolute Gasteiger partial charge is 0.325 e. The molecule has 2 atom stereocenters. The molecular formula is C19H23N3O3S. The molecule has 0 radical (unpaired) electrons. The Morgan fingerprint density at radius 3 is 2.42 bits per heavy atom. The van der Waals surface area contributed by atoms with Gasteiger partial charge in [0.05, 0.1) is 10.9 Å². The van der Waals surface area contributed by atoms with E-state index in [4.69, 9.17) is 5.14 Å². The van der Waals surface area contributed by atoms with Gasteiger partial charge in [-0.1, -0.05) is 36.4 Å². The van der Waals surface area contributed by atoms with E-state index in [1.807, 2.05) is 18.2 Å². The van der Waals surface area contributed by atoms with Gasteiger partial charge in [0, 0.05) is 11.7 Å². The summed E-state index contributed by atoms with van der Waals surface area (Å²) in [4.78, 5) is 12.5. The zero-order valence-electron chi connectivity index (χ0n) is 14.6. The van der Waals surface area contributed by atoms with Crippen LogP contribution in [0, 0.1) is 5.92 Å². The van der Waals surface area contributed by atoms with Crippen molar-refractivity contribution in [1.82, 2.24) is 5.32 Å². The van der Waals surface area contributed by atoms with Gasteiger partial charge in [-0.25, -0.2) is 13.6 Å². The molecule has 0 aliphatic heterocycles. The third-order valence-electron chi connectivity index (χ3n) is 4.51. The number of nitrogens with two attached hydrogens (primary N) is 1. The Hall–Kier alpha value is -2.22. The summed E-state index contributed by atoms with van der Waals surface area (Å²) < 4.78 is 22.9. The van der Waals surface area contributed by atoms with Crippen LogP contribution >= 0.6 is 0 Å². The molecule has 0 saturated heterocycles. The predicted molar refractivity (Wildman–Crippen MR) is 101 cm³/mol. The van der Waals surface area contributed by atoms with E-state index in [-0.39, 0.29) is 16.8 Å². The summed E-state index contributed by atoms with van der Waals surface area (Å²) in [6, 6.07) is 15.7. The van der Waals surface area contributed by atoms with Gasteiger partial charge in [-0.3, -0.25) is 10.1 Å². The minimum atomic E-state index is -3.81. The lowest BCUT2D eigenvalue weighted by atomic mass is 10.0. The van der Waals surface area contributed by atoms with Gasteiger partial charge in [-0.05, 0) is 49.4 Å². The number of hydrogen-bond acceptors (Lipinski definition) is 4. The number of primary sulfonamides is 1. The molecule has 1 fully saturated rings. The van der Waals surface area contributed by atoms with Crippen molar-refractivity contribution < 1.29 is 13.2 Å². The molecule has 0 heterocycles. The fraction of sp³-hybridized carbons (Fsp3) is 0.316. The number of hydrogen-bond donors (Lipinski definition) is 3. The van der Waals surface area contributed by atoms with Crippen LogP contribution in [0.5, 0.6) is 0 Å². The molecule has 1 saturated carbocycles. The Labute approximate surface area is 153 Å². The highest BCUT2D eigenvalue weighted by Gasteiger charge is 2.33. The molecule has 1 aliphatic carbocycles. The van der Waals surface area contributed by atoms with Gasteiger partial charge in [0.15, 0.2) is 0 Å². The quantitative estimate of drug-likeness (QED) is 0.694. The number of carbonyl (C=O) groups is 1. The van der Waals surface area contributed by atoms with Gasteiger partial charge in [0.25, 0.3) is 0 Å². The van der Waals surface area contributed by atoms with Gasteiger partial charge >= 0.3 is 0 Å². The van der Waals surface area contributed by atoms with E-state index in [1.165, 1.54) is 17.7 Å². The van der Waals surface area contributed by atoms with Gasteiger partial charge in [0.2, 0.25) is 15.9 Å². The zero-order chi connectivity index (χ0) is 18.7. The van der Waals surface area contributed by atoms with Gasteiger partial charge in [-0.2, -0.15) is 0 Å². The number of carbonyl (C=O) groups excluding carboxylic acids is 1. The van der Waals surface area contributed by atoms with Crippen molar-refractivity contribution in [1.29, 1.82) is 0 Å². The molecule has 2 aromatic rings. The average molecular weight is 373 g/mol. The first kappa shape index (κ1) is 18.6. The average Bonchev–Trinajstić information content (AvgIpc) is 3.44. The fourth-order valence-corrected chi connectivity index (χ4v) is 3.50. The predicted octanol–water partition coefficient (Wildman–Crippen LogP) is 2.40. The first-order valence-corrected chi connectivity index (χ1v) is 10.1. The van der Waals surface area contributed by atoms with E-state index in [1.54, 1.807) is 19.1 Å². The Kier molecular flexibility index (Phi) is 5.41. The molecule has 3 rings (SSSR count). The fourth-order valence-electron chi connectivity index (χ4n) is 2.94. The third kappa shape index (κ3) is 4.69. The number of rotatable bonds is 7. The van der Waals surface area contributed by atoms with E-state index in [9.17, 15) is 13.2 Å². The van der Waals surface area contributed by atoms with Crippen LogP contribution in [0.4, 0.5) is 5.69 Å². The van der Waals surface area contributed by atoms with Crippen LogP contribution in [0.2, 0.25) is 0 Å². The highest BCUT2D eigenvalue weighted by molar-refractivity contribution is 7.89. The Morgan fingerprint density at radius 1 is 1.12 bits per heavy atom. The van der Waals surface area contributed by atoms with Crippen LogP contribution in [0.3, 0.4) is 0 Å². The topological polar surface area (TPSA) is 101 Å². The molecule has 2 aromatic carbocycles. The lowest BCUT2D eigenvalue weighted by Crippen LogP contribution is -2.41. The molecule has 0 unspecified atom stereocenters. The van der Waals surface area contributed by atoms with Gasteiger partial charge < -0.3 is 5.32 Å². The summed E-state index contributed by atoms with van der Waals surface area (Å²) in [7, 11) is -3.81. The van der Waals surface area contributed by atoms with E-state index in [2.05, 4.69) is 22.8 Å². The monoisotopic (exact) mass is 373 g/mol. The van der Waals surface area contributed by atoms with Crippen molar-refractivity contribution in [3.8, 4) is 0 Å². The van der Waals surface area contributed by atoms with Gasteiger partial charge in [0.1, 0.15) is 0 Å². The molecule has 0 aromatic heterocycles. The first-order valence-electron chi connectivity index (χ1n) is 8.59. The summed E-state index contributed by atoms with van der Waals surface area (Å²) in [6.45, 7) is 1.80. The Bertz CT molecular complexity index is 880. The second kappa shape index (κ2) is 7.57. The van der Waals surface area contributed by atoms with E-state index in [0.717, 1.165) is 12.8 Å². The smallest absolute Gasteiger partial charge is 0.241 e. The standard InChI is InChI=1S/C19H23N3O3S/c1-13(21-18(15-10-11-15)14-6-3-2-4-7-14)19(23)22-16-8-5-9-17(12-16)26(20,24)25/h2-9,12-13,15,18,21H,10-11H2,1H3,(H,22,23)(H2,20,24,25)/t13-,18-/m0/s1. The molecule has 1 amide bonds. The molecule has 0 spiro atoms. The minimum absolute atomic E-state index is 0.0314. The van der Waals surface area contributed by atoms with Crippen molar-refractivity contribution in [3.05, 3.63) is 60.2 Å². The number of anilines is 1.